The van der Waals surface area contributed by atoms with Crippen LogP contribution in [0.1, 0.15) is 36.1 Å². The van der Waals surface area contributed by atoms with Gasteiger partial charge in [0.25, 0.3) is 5.91 Å². The van der Waals surface area contributed by atoms with E-state index in [0.717, 1.165) is 32.7 Å². The van der Waals surface area contributed by atoms with E-state index in [9.17, 15) is 29.1 Å². The van der Waals surface area contributed by atoms with Gasteiger partial charge < -0.3 is 24.6 Å². The molecule has 7 rings (SSSR count). The number of rotatable bonds is 11. The predicted octanol–water partition coefficient (Wildman–Crippen LogP) is 5.90. The van der Waals surface area contributed by atoms with E-state index in [4.69, 9.17) is 14.2 Å². The molecule has 3 aliphatic rings. The van der Waals surface area contributed by atoms with E-state index in [1.165, 1.54) is 18.7 Å². The Kier molecular flexibility index (Phi) is 11.3. The molecule has 0 aliphatic carbocycles. The number of hydrogen-bond donors (Lipinski definition) is 2. The first-order valence-electron chi connectivity index (χ1n) is 17.5. The molecule has 1 unspecified atom stereocenters. The van der Waals surface area contributed by atoms with E-state index in [1.54, 1.807) is 64.8 Å². The van der Waals surface area contributed by atoms with Crippen molar-refractivity contribution >= 4 is 64.7 Å². The van der Waals surface area contributed by atoms with Crippen LogP contribution in [0.4, 0.5) is 16.2 Å². The number of fused-ring (bicyclic) bond motifs is 3. The Labute approximate surface area is 325 Å². The molecule has 3 aliphatic heterocycles. The second-order valence-corrected chi connectivity index (χ2v) is 15.2. The predicted molar refractivity (Wildman–Crippen MR) is 207 cm³/mol. The van der Waals surface area contributed by atoms with Crippen molar-refractivity contribution in [1.82, 2.24) is 10.2 Å². The normalized spacial score (nSPS) is 17.0. The van der Waals surface area contributed by atoms with Crippen LogP contribution in [-0.2, 0) is 43.4 Å². The van der Waals surface area contributed by atoms with Gasteiger partial charge in [-0.15, -0.1) is 23.5 Å². The van der Waals surface area contributed by atoms with Gasteiger partial charge in [-0.1, -0.05) is 42.5 Å². The fourth-order valence-corrected chi connectivity index (χ4v) is 9.17. The minimum atomic E-state index is -0.626. The molecule has 3 heterocycles. The average molecular weight is 780 g/mol. The summed E-state index contributed by atoms with van der Waals surface area (Å²) in [5.74, 6) is 0.497. The number of ether oxygens (including phenoxy) is 3. The number of carbonyl (C=O) groups is 5. The van der Waals surface area contributed by atoms with Gasteiger partial charge in [0.05, 0.1) is 24.4 Å². The molecule has 55 heavy (non-hydrogen) atoms. The number of nitrogens with zero attached hydrogens (tertiary/aromatic N) is 2. The molecule has 0 saturated carbocycles. The minimum absolute atomic E-state index is 0.0000237. The number of amides is 3. The van der Waals surface area contributed by atoms with Crippen LogP contribution in [-0.4, -0.2) is 69.4 Å². The fraction of sp³-hybridized carbons (Fsp3) is 0.244. The third kappa shape index (κ3) is 8.41. The number of esters is 2. The first-order valence-corrected chi connectivity index (χ1v) is 19.5. The summed E-state index contributed by atoms with van der Waals surface area (Å²) in [5, 5.41) is 12.9. The number of aliphatic hydroxyl groups excluding tert-OH is 1. The zero-order chi connectivity index (χ0) is 38.6. The Balaban J connectivity index is 0.970. The highest BCUT2D eigenvalue weighted by Gasteiger charge is 2.52. The smallest absolute Gasteiger partial charge is 0.419 e. The van der Waals surface area contributed by atoms with Crippen molar-refractivity contribution in [3.05, 3.63) is 125 Å². The maximum atomic E-state index is 13.7. The van der Waals surface area contributed by atoms with Gasteiger partial charge in [0.1, 0.15) is 29.5 Å². The standard InChI is InChI=1S/C41H37N3O9S2/c1-24(46)52-31-10-14-34-28(18-31)17-29-19-32(53-25(2)47)11-15-35(29)43(34)41(50)51-21-27-8-12-33(13-9-27)54-22-30-23-55-40-38(39(49)44(40)36(30)20-45)42-37(48)16-26-6-4-3-5-7-26/h3-15,18-19,38,40,45H,16-17,20-23H2,1-2H3,(H,42,48)/t38-,40?/m1/s1. The Hall–Kier alpha value is -5.57. The number of anilines is 2. The third-order valence-electron chi connectivity index (χ3n) is 9.21. The molecule has 2 atom stereocenters. The van der Waals surface area contributed by atoms with Gasteiger partial charge in [0, 0.05) is 42.4 Å². The summed E-state index contributed by atoms with van der Waals surface area (Å²) >= 11 is 3.14. The lowest BCUT2D eigenvalue weighted by Gasteiger charge is -2.50. The summed E-state index contributed by atoms with van der Waals surface area (Å²) in [6.07, 6.45) is -0.0242. The van der Waals surface area contributed by atoms with Crippen LogP contribution in [0.15, 0.2) is 107 Å². The summed E-state index contributed by atoms with van der Waals surface area (Å²) in [4.78, 5) is 66.7. The topological polar surface area (TPSA) is 152 Å². The van der Waals surface area contributed by atoms with Crippen LogP contribution in [0.2, 0.25) is 0 Å². The van der Waals surface area contributed by atoms with Crippen molar-refractivity contribution in [2.24, 2.45) is 0 Å². The Morgan fingerprint density at radius 3 is 2.09 bits per heavy atom. The summed E-state index contributed by atoms with van der Waals surface area (Å²) in [6, 6.07) is 26.4. The number of carbonyl (C=O) groups excluding carboxylic acids is 5. The monoisotopic (exact) mass is 779 g/mol. The second-order valence-electron chi connectivity index (χ2n) is 13.1. The summed E-state index contributed by atoms with van der Waals surface area (Å²) in [7, 11) is 0. The van der Waals surface area contributed by atoms with Crippen molar-refractivity contribution in [2.75, 3.05) is 23.0 Å². The summed E-state index contributed by atoms with van der Waals surface area (Å²) in [5.41, 5.74) is 5.78. The van der Waals surface area contributed by atoms with E-state index in [-0.39, 0.29) is 36.8 Å². The first kappa shape index (κ1) is 37.7. The maximum Gasteiger partial charge on any atom is 0.419 e. The van der Waals surface area contributed by atoms with Gasteiger partial charge in [-0.25, -0.2) is 9.69 Å². The molecular weight excluding hydrogens is 743 g/mol. The lowest BCUT2D eigenvalue weighted by molar-refractivity contribution is -0.146. The molecule has 4 aromatic carbocycles. The van der Waals surface area contributed by atoms with Crippen molar-refractivity contribution in [2.45, 2.75) is 49.6 Å². The van der Waals surface area contributed by atoms with Crippen molar-refractivity contribution in [1.29, 1.82) is 0 Å². The molecule has 14 heteroatoms. The zero-order valence-corrected chi connectivity index (χ0v) is 31.6. The largest absolute Gasteiger partial charge is 0.444 e. The minimum Gasteiger partial charge on any atom is -0.444 e. The van der Waals surface area contributed by atoms with E-state index in [2.05, 4.69) is 5.32 Å². The van der Waals surface area contributed by atoms with Crippen LogP contribution in [0.3, 0.4) is 0 Å². The van der Waals surface area contributed by atoms with Crippen LogP contribution in [0.25, 0.3) is 0 Å². The van der Waals surface area contributed by atoms with Crippen molar-refractivity contribution < 1.29 is 43.3 Å². The number of thioether (sulfide) groups is 2. The lowest BCUT2D eigenvalue weighted by atomic mass is 9.95. The molecular formula is C41H37N3O9S2. The lowest BCUT2D eigenvalue weighted by Crippen LogP contribution is -2.70. The van der Waals surface area contributed by atoms with E-state index < -0.39 is 24.1 Å². The molecule has 4 aromatic rings. The van der Waals surface area contributed by atoms with Gasteiger partial charge in [-0.2, -0.15) is 0 Å². The number of nitrogens with one attached hydrogen (secondary N) is 1. The molecule has 2 N–H and O–H groups in total. The van der Waals surface area contributed by atoms with Crippen LogP contribution >= 0.6 is 23.5 Å². The molecule has 0 spiro atoms. The van der Waals surface area contributed by atoms with E-state index >= 15 is 0 Å². The quantitative estimate of drug-likeness (QED) is 0.0811. The molecule has 282 valence electrons. The highest BCUT2D eigenvalue weighted by atomic mass is 32.2. The molecule has 1 fully saturated rings. The first-order chi connectivity index (χ1) is 26.6. The van der Waals surface area contributed by atoms with Gasteiger partial charge in [-0.3, -0.25) is 24.1 Å². The number of benzene rings is 4. The molecule has 3 amide bonds. The number of β-lactam (4-membered cyclic amide) rings is 1. The van der Waals surface area contributed by atoms with E-state index in [1.807, 2.05) is 54.6 Å². The molecule has 12 nitrogen and oxygen atoms in total. The molecule has 0 bridgehead atoms. The van der Waals surface area contributed by atoms with Gasteiger partial charge in [0.2, 0.25) is 5.91 Å². The van der Waals surface area contributed by atoms with Crippen LogP contribution in [0.5, 0.6) is 11.5 Å². The maximum absolute atomic E-state index is 13.7. The number of hydrogen-bond acceptors (Lipinski definition) is 11. The fourth-order valence-electron chi connectivity index (χ4n) is 6.71. The average Bonchev–Trinajstić information content (AvgIpc) is 3.17. The molecule has 0 aromatic heterocycles. The highest BCUT2D eigenvalue weighted by Crippen LogP contribution is 2.43. The second kappa shape index (κ2) is 16.4. The zero-order valence-electron chi connectivity index (χ0n) is 30.0. The van der Waals surface area contributed by atoms with E-state index in [0.29, 0.717) is 46.5 Å². The number of aliphatic hydroxyl groups is 1. The summed E-state index contributed by atoms with van der Waals surface area (Å²) in [6.45, 7) is 2.35. The Bertz CT molecular complexity index is 2130. The summed E-state index contributed by atoms with van der Waals surface area (Å²) < 4.78 is 16.4. The van der Waals surface area contributed by atoms with Gasteiger partial charge in [0.15, 0.2) is 0 Å². The van der Waals surface area contributed by atoms with Gasteiger partial charge >= 0.3 is 18.0 Å². The Morgan fingerprint density at radius 2 is 1.49 bits per heavy atom. The van der Waals surface area contributed by atoms with Crippen LogP contribution in [0, 0.1) is 0 Å². The highest BCUT2D eigenvalue weighted by molar-refractivity contribution is 8.01. The SMILES string of the molecule is CC(=O)Oc1ccc2c(c1)Cc1cc(OC(C)=O)ccc1N2C(=O)OCc1ccc(SCC2=C(CO)N3C(=O)[C@@H](NC(=O)Cc4ccccc4)C3SC2)cc1. The van der Waals surface area contributed by atoms with Crippen molar-refractivity contribution in [3.8, 4) is 11.5 Å². The molecule has 1 saturated heterocycles. The van der Waals surface area contributed by atoms with Crippen LogP contribution < -0.4 is 19.7 Å². The third-order valence-corrected chi connectivity index (χ3v) is 11.7. The molecule has 0 radical (unpaired) electrons. The van der Waals surface area contributed by atoms with Gasteiger partial charge in [-0.05, 0) is 76.4 Å². The van der Waals surface area contributed by atoms with Crippen molar-refractivity contribution in [3.63, 3.8) is 0 Å². The Morgan fingerprint density at radius 1 is 0.855 bits per heavy atom.